The molecule has 2 aromatic heterocycles. The van der Waals surface area contributed by atoms with Gasteiger partial charge >= 0.3 is 5.69 Å². The molecule has 0 amide bonds. The van der Waals surface area contributed by atoms with Crippen molar-refractivity contribution in [3.63, 3.8) is 0 Å². The molecule has 1 aromatic carbocycles. The number of rotatable bonds is 8. The fraction of sp³-hybridized carbons (Fsp3) is 0.450. The quantitative estimate of drug-likeness (QED) is 0.427. The largest absolute Gasteiger partial charge is 0.381 e. The summed E-state index contributed by atoms with van der Waals surface area (Å²) in [6, 6.07) is 8.32. The van der Waals surface area contributed by atoms with Crippen molar-refractivity contribution in [3.8, 4) is 0 Å². The fourth-order valence-corrected chi connectivity index (χ4v) is 4.00. The minimum absolute atomic E-state index is 0.325. The standard InChI is InChI=1S/C20H26N4O3S/c1-5-14-8-7-9-15(12-14)13-24-16-17(21-19(24)28-11-10-27-6-2)22(3)20(26)23(4)18(16)25/h7-9,12H,5-6,10-11,13H2,1-4H3. The van der Waals surface area contributed by atoms with Crippen LogP contribution in [0.4, 0.5) is 0 Å². The van der Waals surface area contributed by atoms with Gasteiger partial charge in [0.1, 0.15) is 0 Å². The molecule has 3 rings (SSSR count). The van der Waals surface area contributed by atoms with Crippen molar-refractivity contribution in [2.45, 2.75) is 32.0 Å². The minimum Gasteiger partial charge on any atom is -0.381 e. The summed E-state index contributed by atoms with van der Waals surface area (Å²) in [5.41, 5.74) is 2.51. The fourth-order valence-electron chi connectivity index (χ4n) is 3.15. The van der Waals surface area contributed by atoms with Gasteiger partial charge in [0.2, 0.25) is 0 Å². The number of hydrogen-bond acceptors (Lipinski definition) is 5. The van der Waals surface area contributed by atoms with Gasteiger partial charge in [-0.15, -0.1) is 0 Å². The molecule has 0 fully saturated rings. The lowest BCUT2D eigenvalue weighted by atomic mass is 10.1. The van der Waals surface area contributed by atoms with Crippen molar-refractivity contribution in [2.24, 2.45) is 14.1 Å². The summed E-state index contributed by atoms with van der Waals surface area (Å²) >= 11 is 1.53. The Hall–Kier alpha value is -2.32. The second-order valence-electron chi connectivity index (χ2n) is 6.58. The van der Waals surface area contributed by atoms with Crippen LogP contribution in [-0.4, -0.2) is 37.7 Å². The van der Waals surface area contributed by atoms with Gasteiger partial charge in [-0.1, -0.05) is 43.0 Å². The van der Waals surface area contributed by atoms with Crippen LogP contribution in [0.25, 0.3) is 11.2 Å². The Bertz CT molecular complexity index is 1100. The zero-order valence-electron chi connectivity index (χ0n) is 16.8. The second-order valence-corrected chi connectivity index (χ2v) is 7.64. The average Bonchev–Trinajstić information content (AvgIpc) is 3.06. The number of aryl methyl sites for hydroxylation is 2. The van der Waals surface area contributed by atoms with Crippen LogP contribution >= 0.6 is 11.8 Å². The second kappa shape index (κ2) is 8.79. The third kappa shape index (κ3) is 3.93. The molecule has 3 aromatic rings. The SMILES string of the molecule is CCOCCSc1nc2c(c(=O)n(C)c(=O)n2C)n1Cc1cccc(CC)c1. The molecule has 0 aliphatic carbocycles. The molecular formula is C20H26N4O3S. The first-order chi connectivity index (χ1) is 13.5. The molecule has 2 heterocycles. The van der Waals surface area contributed by atoms with Crippen molar-refractivity contribution in [2.75, 3.05) is 19.0 Å². The summed E-state index contributed by atoms with van der Waals surface area (Å²) in [6.45, 7) is 5.86. The average molecular weight is 403 g/mol. The van der Waals surface area contributed by atoms with E-state index in [0.29, 0.717) is 30.9 Å². The number of thioether (sulfide) groups is 1. The van der Waals surface area contributed by atoms with Crippen LogP contribution in [0.1, 0.15) is 25.0 Å². The van der Waals surface area contributed by atoms with Crippen LogP contribution in [0.5, 0.6) is 0 Å². The molecule has 0 saturated carbocycles. The summed E-state index contributed by atoms with van der Waals surface area (Å²) in [4.78, 5) is 29.8. The third-order valence-electron chi connectivity index (χ3n) is 4.72. The smallest absolute Gasteiger partial charge is 0.332 e. The third-order valence-corrected chi connectivity index (χ3v) is 5.66. The molecule has 0 radical (unpaired) electrons. The number of nitrogens with zero attached hydrogens (tertiary/aromatic N) is 4. The maximum atomic E-state index is 12.9. The topological polar surface area (TPSA) is 71.1 Å². The summed E-state index contributed by atoms with van der Waals surface area (Å²) < 4.78 is 9.91. The zero-order valence-corrected chi connectivity index (χ0v) is 17.6. The summed E-state index contributed by atoms with van der Waals surface area (Å²) in [6.07, 6.45) is 0.949. The van der Waals surface area contributed by atoms with Gasteiger partial charge in [0.15, 0.2) is 16.3 Å². The van der Waals surface area contributed by atoms with E-state index in [1.807, 2.05) is 23.6 Å². The maximum absolute atomic E-state index is 12.9. The minimum atomic E-state index is -0.374. The molecular weight excluding hydrogens is 376 g/mol. The molecule has 7 nitrogen and oxygen atoms in total. The van der Waals surface area contributed by atoms with E-state index in [1.54, 1.807) is 7.05 Å². The van der Waals surface area contributed by atoms with Crippen molar-refractivity contribution in [1.82, 2.24) is 18.7 Å². The van der Waals surface area contributed by atoms with E-state index < -0.39 is 0 Å². The number of aromatic nitrogens is 4. The Morgan fingerprint density at radius 1 is 1.11 bits per heavy atom. The predicted molar refractivity (Wildman–Crippen MR) is 112 cm³/mol. The Labute approximate surface area is 168 Å². The highest BCUT2D eigenvalue weighted by molar-refractivity contribution is 7.99. The van der Waals surface area contributed by atoms with Crippen molar-refractivity contribution in [1.29, 1.82) is 0 Å². The summed E-state index contributed by atoms with van der Waals surface area (Å²) in [7, 11) is 3.15. The van der Waals surface area contributed by atoms with Gasteiger partial charge in [-0.25, -0.2) is 9.78 Å². The molecule has 8 heteroatoms. The molecule has 150 valence electrons. The molecule has 0 N–H and O–H groups in total. The van der Waals surface area contributed by atoms with Gasteiger partial charge in [-0.05, 0) is 24.5 Å². The van der Waals surface area contributed by atoms with Crippen molar-refractivity contribution in [3.05, 3.63) is 56.2 Å². The van der Waals surface area contributed by atoms with Gasteiger partial charge in [0.05, 0.1) is 13.2 Å². The van der Waals surface area contributed by atoms with E-state index >= 15 is 0 Å². The van der Waals surface area contributed by atoms with Gasteiger partial charge in [0, 0.05) is 26.5 Å². The highest BCUT2D eigenvalue weighted by atomic mass is 32.2. The van der Waals surface area contributed by atoms with E-state index in [9.17, 15) is 9.59 Å². The normalized spacial score (nSPS) is 11.4. The Balaban J connectivity index is 2.13. The Morgan fingerprint density at radius 2 is 1.86 bits per heavy atom. The lowest BCUT2D eigenvalue weighted by Crippen LogP contribution is -2.37. The van der Waals surface area contributed by atoms with Crippen LogP contribution in [0.3, 0.4) is 0 Å². The molecule has 0 saturated heterocycles. The van der Waals surface area contributed by atoms with E-state index in [4.69, 9.17) is 4.74 Å². The lowest BCUT2D eigenvalue weighted by Gasteiger charge is -2.10. The molecule has 0 unspecified atom stereocenters. The van der Waals surface area contributed by atoms with Gasteiger partial charge in [0.25, 0.3) is 5.56 Å². The monoisotopic (exact) mass is 402 g/mol. The molecule has 0 aliphatic rings. The van der Waals surface area contributed by atoms with Crippen LogP contribution in [0, 0.1) is 0 Å². The maximum Gasteiger partial charge on any atom is 0.332 e. The Morgan fingerprint density at radius 3 is 2.57 bits per heavy atom. The highest BCUT2D eigenvalue weighted by Gasteiger charge is 2.19. The van der Waals surface area contributed by atoms with E-state index in [1.165, 1.54) is 28.9 Å². The van der Waals surface area contributed by atoms with Gasteiger partial charge in [-0.3, -0.25) is 13.9 Å². The number of hydrogen-bond donors (Lipinski definition) is 0. The highest BCUT2D eigenvalue weighted by Crippen LogP contribution is 2.23. The number of benzene rings is 1. The van der Waals surface area contributed by atoms with Crippen molar-refractivity contribution >= 4 is 22.9 Å². The number of ether oxygens (including phenoxy) is 1. The first-order valence-corrected chi connectivity index (χ1v) is 10.4. The summed E-state index contributed by atoms with van der Waals surface area (Å²) in [5.74, 6) is 0.723. The molecule has 0 bridgehead atoms. The molecule has 0 spiro atoms. The Kier molecular flexibility index (Phi) is 6.41. The van der Waals surface area contributed by atoms with Crippen LogP contribution in [0.15, 0.2) is 39.0 Å². The van der Waals surface area contributed by atoms with Crippen molar-refractivity contribution < 1.29 is 4.74 Å². The number of imidazole rings is 1. The first kappa shape index (κ1) is 20.4. The molecule has 28 heavy (non-hydrogen) atoms. The van der Waals surface area contributed by atoms with Crippen LogP contribution in [0.2, 0.25) is 0 Å². The first-order valence-electron chi connectivity index (χ1n) is 9.42. The predicted octanol–water partition coefficient (Wildman–Crippen LogP) is 2.17. The zero-order chi connectivity index (χ0) is 20.3. The molecule has 0 aliphatic heterocycles. The van der Waals surface area contributed by atoms with Crippen LogP contribution in [-0.2, 0) is 31.8 Å². The molecule has 0 atom stereocenters. The van der Waals surface area contributed by atoms with E-state index in [2.05, 4.69) is 24.0 Å². The van der Waals surface area contributed by atoms with E-state index in [0.717, 1.165) is 27.5 Å². The number of fused-ring (bicyclic) bond motifs is 1. The van der Waals surface area contributed by atoms with Crippen LogP contribution < -0.4 is 11.2 Å². The lowest BCUT2D eigenvalue weighted by molar-refractivity contribution is 0.164. The van der Waals surface area contributed by atoms with Gasteiger partial charge < -0.3 is 9.30 Å². The summed E-state index contributed by atoms with van der Waals surface area (Å²) in [5, 5.41) is 0.718. The van der Waals surface area contributed by atoms with Gasteiger partial charge in [-0.2, -0.15) is 0 Å². The van der Waals surface area contributed by atoms with E-state index in [-0.39, 0.29) is 11.2 Å².